The highest BCUT2D eigenvalue weighted by atomic mass is 32.2. The van der Waals surface area contributed by atoms with E-state index in [1.807, 2.05) is 22.9 Å². The Kier molecular flexibility index (Phi) is 4.08. The molecule has 0 bridgehead atoms. The van der Waals surface area contributed by atoms with Crippen molar-refractivity contribution in [3.63, 3.8) is 0 Å². The number of rotatable bonds is 3. The summed E-state index contributed by atoms with van der Waals surface area (Å²) >= 11 is 0. The highest BCUT2D eigenvalue weighted by molar-refractivity contribution is 7.89. The molecule has 2 aromatic rings. The Morgan fingerprint density at radius 3 is 2.42 bits per heavy atom. The van der Waals surface area contributed by atoms with Crippen LogP contribution >= 0.6 is 0 Å². The van der Waals surface area contributed by atoms with Gasteiger partial charge in [0.05, 0.1) is 10.9 Å². The number of aromatic nitrogens is 1. The monoisotopic (exact) mass is 360 g/mol. The second-order valence-corrected chi connectivity index (χ2v) is 7.33. The Morgan fingerprint density at radius 2 is 1.79 bits per heavy atom. The lowest BCUT2D eigenvalue weighted by Crippen LogP contribution is -2.40. The van der Waals surface area contributed by atoms with E-state index in [0.717, 1.165) is 30.0 Å². The maximum absolute atomic E-state index is 12.8. The fourth-order valence-corrected chi connectivity index (χ4v) is 4.43. The molecule has 5 nitrogen and oxygen atoms in total. The number of benzene rings is 1. The maximum atomic E-state index is 12.8. The van der Waals surface area contributed by atoms with E-state index in [-0.39, 0.29) is 10.9 Å². The Labute approximate surface area is 137 Å². The summed E-state index contributed by atoms with van der Waals surface area (Å²) in [6, 6.07) is 7.59. The van der Waals surface area contributed by atoms with Crippen molar-refractivity contribution in [2.24, 2.45) is 0 Å². The van der Waals surface area contributed by atoms with E-state index in [1.54, 1.807) is 6.92 Å². The van der Waals surface area contributed by atoms with Crippen LogP contribution in [0.1, 0.15) is 18.7 Å². The Hall–Kier alpha value is -2.00. The summed E-state index contributed by atoms with van der Waals surface area (Å²) in [6.07, 6.45) is -2.92. The molecule has 0 unspecified atom stereocenters. The van der Waals surface area contributed by atoms with Crippen LogP contribution in [0, 0.1) is 0 Å². The van der Waals surface area contributed by atoms with Crippen molar-refractivity contribution < 1.29 is 26.3 Å². The molecule has 0 saturated heterocycles. The van der Waals surface area contributed by atoms with E-state index < -0.39 is 22.1 Å². The summed E-state index contributed by atoms with van der Waals surface area (Å²) in [4.78, 5) is -0.0659. The molecule has 0 saturated carbocycles. The fourth-order valence-electron chi connectivity index (χ4n) is 2.83. The van der Waals surface area contributed by atoms with Gasteiger partial charge >= 0.3 is 6.36 Å². The summed E-state index contributed by atoms with van der Waals surface area (Å²) < 4.78 is 69.2. The molecule has 0 aliphatic carbocycles. The number of nitrogens with zero attached hydrogens (tertiary/aromatic N) is 2. The number of halogens is 3. The standard InChI is InChI=1S/C15H15F3N2O3S/c1-11-14-3-2-8-19(14)9-10-20(11)24(21,22)13-6-4-12(5-7-13)23-15(16,17)18/h2-8,11H,9-10H2,1H3/t11-/m0/s1. The molecule has 1 atom stereocenters. The minimum atomic E-state index is -4.81. The van der Waals surface area contributed by atoms with Crippen LogP contribution < -0.4 is 4.74 Å². The van der Waals surface area contributed by atoms with Gasteiger partial charge in [0.1, 0.15) is 5.75 Å². The lowest BCUT2D eigenvalue weighted by atomic mass is 10.2. The van der Waals surface area contributed by atoms with Crippen molar-refractivity contribution in [1.82, 2.24) is 8.87 Å². The van der Waals surface area contributed by atoms with Gasteiger partial charge in [-0.1, -0.05) is 0 Å². The summed E-state index contributed by atoms with van der Waals surface area (Å²) in [5.74, 6) is -0.456. The van der Waals surface area contributed by atoms with Gasteiger partial charge in [-0.05, 0) is 43.3 Å². The zero-order valence-electron chi connectivity index (χ0n) is 12.7. The van der Waals surface area contributed by atoms with Crippen molar-refractivity contribution in [3.8, 4) is 5.75 Å². The van der Waals surface area contributed by atoms with Gasteiger partial charge in [0.2, 0.25) is 10.0 Å². The van der Waals surface area contributed by atoms with Crippen molar-refractivity contribution in [2.75, 3.05) is 6.54 Å². The summed E-state index contributed by atoms with van der Waals surface area (Å²) in [6.45, 7) is 2.61. The number of alkyl halides is 3. The number of fused-ring (bicyclic) bond motifs is 1. The van der Waals surface area contributed by atoms with E-state index in [9.17, 15) is 21.6 Å². The molecule has 1 aromatic carbocycles. The molecule has 0 N–H and O–H groups in total. The van der Waals surface area contributed by atoms with Crippen molar-refractivity contribution >= 4 is 10.0 Å². The van der Waals surface area contributed by atoms with Gasteiger partial charge in [-0.2, -0.15) is 4.31 Å². The van der Waals surface area contributed by atoms with Gasteiger partial charge < -0.3 is 9.30 Å². The lowest BCUT2D eigenvalue weighted by Gasteiger charge is -2.33. The minimum Gasteiger partial charge on any atom is -0.406 e. The van der Waals surface area contributed by atoms with E-state index in [4.69, 9.17) is 0 Å². The van der Waals surface area contributed by atoms with Crippen LogP contribution in [0.25, 0.3) is 0 Å². The zero-order valence-corrected chi connectivity index (χ0v) is 13.5. The maximum Gasteiger partial charge on any atom is 0.573 e. The van der Waals surface area contributed by atoms with Gasteiger partial charge in [0, 0.05) is 25.0 Å². The largest absolute Gasteiger partial charge is 0.573 e. The smallest absolute Gasteiger partial charge is 0.406 e. The van der Waals surface area contributed by atoms with Crippen LogP contribution in [0.15, 0.2) is 47.5 Å². The molecule has 0 fully saturated rings. The number of ether oxygens (including phenoxy) is 1. The van der Waals surface area contributed by atoms with E-state index in [1.165, 1.54) is 4.31 Å². The molecule has 9 heteroatoms. The first-order valence-corrected chi connectivity index (χ1v) is 8.65. The summed E-state index contributed by atoms with van der Waals surface area (Å²) in [7, 11) is -3.81. The van der Waals surface area contributed by atoms with Crippen LogP contribution in [-0.2, 0) is 16.6 Å². The van der Waals surface area contributed by atoms with Crippen LogP contribution in [0.2, 0.25) is 0 Å². The molecule has 130 valence electrons. The molecule has 0 spiro atoms. The van der Waals surface area contributed by atoms with E-state index in [2.05, 4.69) is 4.74 Å². The molecule has 3 rings (SSSR count). The number of hydrogen-bond acceptors (Lipinski definition) is 3. The second-order valence-electron chi connectivity index (χ2n) is 5.44. The predicted molar refractivity (Wildman–Crippen MR) is 79.9 cm³/mol. The SMILES string of the molecule is C[C@H]1c2cccn2CCN1S(=O)(=O)c1ccc(OC(F)(F)F)cc1. The summed E-state index contributed by atoms with van der Waals surface area (Å²) in [5, 5.41) is 0. The van der Waals surface area contributed by atoms with Crippen LogP contribution in [0.3, 0.4) is 0 Å². The second kappa shape index (κ2) is 5.82. The third kappa shape index (κ3) is 3.13. The average Bonchev–Trinajstić information content (AvgIpc) is 2.95. The van der Waals surface area contributed by atoms with Crippen molar-refractivity contribution in [1.29, 1.82) is 0 Å². The number of hydrogen-bond donors (Lipinski definition) is 0. The molecule has 0 amide bonds. The quantitative estimate of drug-likeness (QED) is 0.845. The average molecular weight is 360 g/mol. The first-order chi connectivity index (χ1) is 11.2. The molecule has 24 heavy (non-hydrogen) atoms. The van der Waals surface area contributed by atoms with Gasteiger partial charge in [-0.25, -0.2) is 8.42 Å². The third-order valence-electron chi connectivity index (χ3n) is 3.95. The van der Waals surface area contributed by atoms with Crippen LogP contribution in [-0.4, -0.2) is 30.2 Å². The third-order valence-corrected chi connectivity index (χ3v) is 5.93. The Morgan fingerprint density at radius 1 is 1.12 bits per heavy atom. The highest BCUT2D eigenvalue weighted by Crippen LogP contribution is 2.32. The summed E-state index contributed by atoms with van der Waals surface area (Å²) in [5.41, 5.74) is 0.877. The molecule has 0 radical (unpaired) electrons. The molecular weight excluding hydrogens is 345 g/mol. The normalized spacial score (nSPS) is 19.1. The van der Waals surface area contributed by atoms with Crippen molar-refractivity contribution in [3.05, 3.63) is 48.3 Å². The van der Waals surface area contributed by atoms with Crippen LogP contribution in [0.4, 0.5) is 13.2 Å². The molecule has 1 aromatic heterocycles. The highest BCUT2D eigenvalue weighted by Gasteiger charge is 2.34. The molecule has 2 heterocycles. The van der Waals surface area contributed by atoms with E-state index >= 15 is 0 Å². The zero-order chi connectivity index (χ0) is 17.5. The van der Waals surface area contributed by atoms with Gasteiger partial charge in [-0.3, -0.25) is 0 Å². The van der Waals surface area contributed by atoms with E-state index in [0.29, 0.717) is 13.1 Å². The minimum absolute atomic E-state index is 0.0659. The first kappa shape index (κ1) is 16.8. The topological polar surface area (TPSA) is 51.5 Å². The predicted octanol–water partition coefficient (Wildman–Crippen LogP) is 3.15. The molecule has 1 aliphatic heterocycles. The lowest BCUT2D eigenvalue weighted by molar-refractivity contribution is -0.274. The first-order valence-electron chi connectivity index (χ1n) is 7.21. The number of sulfonamides is 1. The molecular formula is C15H15F3N2O3S. The Balaban J connectivity index is 1.86. The van der Waals surface area contributed by atoms with Crippen LogP contribution in [0.5, 0.6) is 5.75 Å². The molecule has 1 aliphatic rings. The van der Waals surface area contributed by atoms with Gasteiger partial charge in [0.25, 0.3) is 0 Å². The fraction of sp³-hybridized carbons (Fsp3) is 0.333. The van der Waals surface area contributed by atoms with Gasteiger partial charge in [0.15, 0.2) is 0 Å². The van der Waals surface area contributed by atoms with Gasteiger partial charge in [-0.15, -0.1) is 13.2 Å². The Bertz CT molecular complexity index is 828. The van der Waals surface area contributed by atoms with Crippen molar-refractivity contribution in [2.45, 2.75) is 30.8 Å².